The molecule has 4 rings (SSSR count). The lowest BCUT2D eigenvalue weighted by Crippen LogP contribution is -2.48. The van der Waals surface area contributed by atoms with Crippen LogP contribution in [-0.2, 0) is 16.4 Å². The van der Waals surface area contributed by atoms with Crippen LogP contribution in [-0.4, -0.2) is 41.9 Å². The van der Waals surface area contributed by atoms with E-state index in [4.69, 9.17) is 0 Å². The highest BCUT2D eigenvalue weighted by Crippen LogP contribution is 2.41. The lowest BCUT2D eigenvalue weighted by Gasteiger charge is -2.38. The van der Waals surface area contributed by atoms with Crippen LogP contribution >= 0.6 is 0 Å². The number of nitrogens with zero attached hydrogens (tertiary/aromatic N) is 1. The predicted octanol–water partition coefficient (Wildman–Crippen LogP) is 2.63. The smallest absolute Gasteiger partial charge is 0.182 e. The maximum absolute atomic E-state index is 13.2. The van der Waals surface area contributed by atoms with Gasteiger partial charge in [0, 0.05) is 18.6 Å². The Morgan fingerprint density at radius 1 is 0.920 bits per heavy atom. The summed E-state index contributed by atoms with van der Waals surface area (Å²) in [6, 6.07) is 18.7. The molecule has 2 aromatic carbocycles. The third-order valence-corrected chi connectivity index (χ3v) is 7.87. The molecule has 2 aromatic rings. The van der Waals surface area contributed by atoms with Gasteiger partial charge in [-0.15, -0.1) is 0 Å². The molecule has 25 heavy (non-hydrogen) atoms. The van der Waals surface area contributed by atoms with Gasteiger partial charge < -0.3 is 5.11 Å². The minimum Gasteiger partial charge on any atom is -0.391 e. The highest BCUT2D eigenvalue weighted by Gasteiger charge is 2.52. The van der Waals surface area contributed by atoms with E-state index in [0.717, 1.165) is 12.0 Å². The molecule has 4 atom stereocenters. The zero-order valence-electron chi connectivity index (χ0n) is 14.0. The number of sulfone groups is 1. The Balaban J connectivity index is 1.65. The van der Waals surface area contributed by atoms with Crippen LogP contribution in [0.3, 0.4) is 0 Å². The molecule has 2 heterocycles. The molecule has 0 saturated carbocycles. The van der Waals surface area contributed by atoms with E-state index in [2.05, 4.69) is 17.0 Å². The normalized spacial score (nSPS) is 29.6. The lowest BCUT2D eigenvalue weighted by atomic mass is 9.99. The first-order valence-electron chi connectivity index (χ1n) is 8.84. The van der Waals surface area contributed by atoms with Crippen LogP contribution in [0.2, 0.25) is 0 Å². The molecule has 132 valence electrons. The zero-order chi connectivity index (χ0) is 17.4. The number of hydrogen-bond donors (Lipinski definition) is 1. The summed E-state index contributed by atoms with van der Waals surface area (Å²) in [6.07, 6.45) is 1.47. The maximum Gasteiger partial charge on any atom is 0.182 e. The van der Waals surface area contributed by atoms with Crippen LogP contribution in [0.4, 0.5) is 0 Å². The largest absolute Gasteiger partial charge is 0.391 e. The first-order chi connectivity index (χ1) is 12.1. The number of aliphatic hydroxyl groups excluding tert-OH is 1. The number of rotatable bonds is 4. The van der Waals surface area contributed by atoms with Crippen LogP contribution < -0.4 is 0 Å². The summed E-state index contributed by atoms with van der Waals surface area (Å²) in [5.41, 5.74) is 1.16. The van der Waals surface area contributed by atoms with Crippen molar-refractivity contribution in [2.24, 2.45) is 0 Å². The van der Waals surface area contributed by atoms with E-state index >= 15 is 0 Å². The standard InChI is InChI=1S/C20H23NO3S/c22-19-12-11-17-20(25(23,24)16-9-5-2-6-10-16)13-18(19)21(17)14-15-7-3-1-4-8-15/h1-10,17-20,22H,11-14H2/t17-,18-,19-,20+/m1/s1. The van der Waals surface area contributed by atoms with Crippen LogP contribution in [0.15, 0.2) is 65.6 Å². The molecule has 0 radical (unpaired) electrons. The van der Waals surface area contributed by atoms with Crippen molar-refractivity contribution in [1.82, 2.24) is 4.90 Å². The molecule has 0 aromatic heterocycles. The van der Waals surface area contributed by atoms with Crippen molar-refractivity contribution in [2.75, 3.05) is 0 Å². The van der Waals surface area contributed by atoms with E-state index in [0.29, 0.717) is 24.3 Å². The number of aliphatic hydroxyl groups is 1. The van der Waals surface area contributed by atoms with E-state index in [-0.39, 0.29) is 12.1 Å². The lowest BCUT2D eigenvalue weighted by molar-refractivity contribution is 0.00974. The van der Waals surface area contributed by atoms with Gasteiger partial charge in [0.15, 0.2) is 9.84 Å². The van der Waals surface area contributed by atoms with Gasteiger partial charge in [0.25, 0.3) is 0 Å². The molecule has 4 nitrogen and oxygen atoms in total. The van der Waals surface area contributed by atoms with Crippen LogP contribution in [0.5, 0.6) is 0 Å². The van der Waals surface area contributed by atoms with Gasteiger partial charge in [0.05, 0.1) is 16.2 Å². The molecule has 1 N–H and O–H groups in total. The van der Waals surface area contributed by atoms with Crippen molar-refractivity contribution in [3.63, 3.8) is 0 Å². The fourth-order valence-electron chi connectivity index (χ4n) is 4.40. The van der Waals surface area contributed by atoms with Gasteiger partial charge in [-0.2, -0.15) is 0 Å². The van der Waals surface area contributed by atoms with Crippen LogP contribution in [0, 0.1) is 0 Å². The minimum atomic E-state index is -3.39. The van der Waals surface area contributed by atoms with E-state index in [1.807, 2.05) is 24.3 Å². The average Bonchev–Trinajstić information content (AvgIpc) is 2.90. The van der Waals surface area contributed by atoms with Crippen molar-refractivity contribution in [2.45, 2.75) is 54.1 Å². The molecule has 2 aliphatic heterocycles. The van der Waals surface area contributed by atoms with Gasteiger partial charge in [-0.1, -0.05) is 48.5 Å². The molecule has 0 aliphatic carbocycles. The fourth-order valence-corrected chi connectivity index (χ4v) is 6.44. The van der Waals surface area contributed by atoms with E-state index in [9.17, 15) is 13.5 Å². The number of benzene rings is 2. The third kappa shape index (κ3) is 3.01. The molecule has 5 heteroatoms. The third-order valence-electron chi connectivity index (χ3n) is 5.64. The highest BCUT2D eigenvalue weighted by atomic mass is 32.2. The average molecular weight is 357 g/mol. The number of hydrogen-bond acceptors (Lipinski definition) is 4. The molecule has 0 amide bonds. The van der Waals surface area contributed by atoms with Gasteiger partial charge in [-0.25, -0.2) is 8.42 Å². The molecule has 0 spiro atoms. The van der Waals surface area contributed by atoms with Gasteiger partial charge in [0.2, 0.25) is 0 Å². The van der Waals surface area contributed by atoms with Crippen molar-refractivity contribution < 1.29 is 13.5 Å². The zero-order valence-corrected chi connectivity index (χ0v) is 14.8. The molecular formula is C20H23NO3S. The minimum absolute atomic E-state index is 0.0289. The Labute approximate surface area is 149 Å². The molecule has 0 unspecified atom stereocenters. The predicted molar refractivity (Wildman–Crippen MR) is 96.8 cm³/mol. The van der Waals surface area contributed by atoms with Crippen molar-refractivity contribution >= 4 is 9.84 Å². The summed E-state index contributed by atoms with van der Waals surface area (Å²) in [6.45, 7) is 0.689. The topological polar surface area (TPSA) is 57.6 Å². The Kier molecular flexibility index (Phi) is 4.40. The Morgan fingerprint density at radius 3 is 2.24 bits per heavy atom. The van der Waals surface area contributed by atoms with Gasteiger partial charge in [-0.3, -0.25) is 4.90 Å². The molecular weight excluding hydrogens is 334 g/mol. The second-order valence-electron chi connectivity index (χ2n) is 7.07. The van der Waals surface area contributed by atoms with Crippen molar-refractivity contribution in [3.05, 3.63) is 66.2 Å². The molecule has 2 aliphatic rings. The Bertz CT molecular complexity index is 823. The van der Waals surface area contributed by atoms with Crippen molar-refractivity contribution in [3.8, 4) is 0 Å². The summed E-state index contributed by atoms with van der Waals surface area (Å²) in [4.78, 5) is 2.61. The summed E-state index contributed by atoms with van der Waals surface area (Å²) in [7, 11) is -3.39. The van der Waals surface area contributed by atoms with Crippen molar-refractivity contribution in [1.29, 1.82) is 0 Å². The summed E-state index contributed by atoms with van der Waals surface area (Å²) >= 11 is 0. The second kappa shape index (κ2) is 6.56. The Morgan fingerprint density at radius 2 is 1.56 bits per heavy atom. The van der Waals surface area contributed by atoms with Gasteiger partial charge >= 0.3 is 0 Å². The van der Waals surface area contributed by atoms with Gasteiger partial charge in [-0.05, 0) is 37.0 Å². The highest BCUT2D eigenvalue weighted by molar-refractivity contribution is 7.92. The summed E-state index contributed by atoms with van der Waals surface area (Å²) < 4.78 is 26.3. The second-order valence-corrected chi connectivity index (χ2v) is 9.24. The van der Waals surface area contributed by atoms with E-state index < -0.39 is 21.2 Å². The molecule has 2 saturated heterocycles. The van der Waals surface area contributed by atoms with Gasteiger partial charge in [0.1, 0.15) is 0 Å². The van der Waals surface area contributed by atoms with Crippen LogP contribution in [0.1, 0.15) is 24.8 Å². The molecule has 2 fully saturated rings. The summed E-state index contributed by atoms with van der Waals surface area (Å²) in [5, 5.41) is 10.0. The SMILES string of the molecule is O=S(=O)(c1ccccc1)[C@H]1C[C@@H]2[C@H](O)CC[C@H]1N2Cc1ccccc1. The number of fused-ring (bicyclic) bond motifs is 2. The first-order valence-corrected chi connectivity index (χ1v) is 10.4. The quantitative estimate of drug-likeness (QED) is 0.914. The maximum atomic E-state index is 13.2. The van der Waals surface area contributed by atoms with Crippen LogP contribution in [0.25, 0.3) is 0 Å². The fraction of sp³-hybridized carbons (Fsp3) is 0.400. The number of piperidine rings is 1. The molecule has 2 bridgehead atoms. The first kappa shape index (κ1) is 16.8. The Hall–Kier alpha value is -1.69. The van der Waals surface area contributed by atoms with E-state index in [1.54, 1.807) is 24.3 Å². The summed E-state index contributed by atoms with van der Waals surface area (Å²) in [5.74, 6) is 0. The monoisotopic (exact) mass is 357 g/mol. The van der Waals surface area contributed by atoms with E-state index in [1.165, 1.54) is 0 Å².